The summed E-state index contributed by atoms with van der Waals surface area (Å²) in [6, 6.07) is 10.5. The van der Waals surface area contributed by atoms with Crippen molar-refractivity contribution in [3.8, 4) is 5.75 Å². The lowest BCUT2D eigenvalue weighted by Gasteiger charge is -2.17. The predicted octanol–water partition coefficient (Wildman–Crippen LogP) is 2.32. The highest BCUT2D eigenvalue weighted by Crippen LogP contribution is 2.14. The number of carbonyl (C=O) groups excluding carboxylic acids is 1. The third-order valence-electron chi connectivity index (χ3n) is 3.52. The monoisotopic (exact) mass is 329 g/mol. The van der Waals surface area contributed by atoms with Gasteiger partial charge in [0.25, 0.3) is 11.5 Å². The van der Waals surface area contributed by atoms with Gasteiger partial charge in [-0.15, -0.1) is 0 Å². The molecule has 6 nitrogen and oxygen atoms in total. The average molecular weight is 329 g/mol. The molecule has 0 aliphatic heterocycles. The lowest BCUT2D eigenvalue weighted by Crippen LogP contribution is -2.31. The number of amides is 1. The summed E-state index contributed by atoms with van der Waals surface area (Å²) in [5, 5.41) is 4.16. The van der Waals surface area contributed by atoms with E-state index in [2.05, 4.69) is 5.10 Å². The fourth-order valence-electron chi connectivity index (χ4n) is 2.33. The summed E-state index contributed by atoms with van der Waals surface area (Å²) < 4.78 is 6.74. The molecule has 0 aliphatic rings. The normalized spacial score (nSPS) is 10.5. The minimum Gasteiger partial charge on any atom is -0.494 e. The number of ether oxygens (including phenoxy) is 1. The molecular weight excluding hydrogens is 306 g/mol. The molecule has 0 saturated heterocycles. The summed E-state index contributed by atoms with van der Waals surface area (Å²) in [5.41, 5.74) is 1.08. The standard InChI is InChI=1S/C18H23N3O3/c1-4-12-21-17(22)11-10-16(19-21)18(23)20(3)13-14-6-8-15(9-7-14)24-5-2/h6-11H,4-5,12-13H2,1-3H3. The van der Waals surface area contributed by atoms with Crippen molar-refractivity contribution in [1.29, 1.82) is 0 Å². The van der Waals surface area contributed by atoms with Crippen LogP contribution in [-0.4, -0.2) is 34.2 Å². The summed E-state index contributed by atoms with van der Waals surface area (Å²) in [7, 11) is 1.72. The Labute approximate surface area is 141 Å². The molecule has 1 amide bonds. The van der Waals surface area contributed by atoms with Gasteiger partial charge in [0.1, 0.15) is 11.4 Å². The predicted molar refractivity (Wildman–Crippen MR) is 92.2 cm³/mol. The van der Waals surface area contributed by atoms with Crippen LogP contribution in [0.25, 0.3) is 0 Å². The SMILES string of the molecule is CCCn1nc(C(=O)N(C)Cc2ccc(OCC)cc2)ccc1=O. The minimum absolute atomic E-state index is 0.192. The van der Waals surface area contributed by atoms with E-state index in [1.54, 1.807) is 11.9 Å². The van der Waals surface area contributed by atoms with Gasteiger partial charge in [0, 0.05) is 26.2 Å². The molecule has 0 saturated carbocycles. The first-order valence-electron chi connectivity index (χ1n) is 8.10. The largest absolute Gasteiger partial charge is 0.494 e. The van der Waals surface area contributed by atoms with Crippen LogP contribution in [0.3, 0.4) is 0 Å². The lowest BCUT2D eigenvalue weighted by molar-refractivity contribution is 0.0776. The van der Waals surface area contributed by atoms with Gasteiger partial charge in [-0.25, -0.2) is 4.68 Å². The summed E-state index contributed by atoms with van der Waals surface area (Å²) >= 11 is 0. The van der Waals surface area contributed by atoms with Crippen molar-refractivity contribution in [3.63, 3.8) is 0 Å². The molecule has 0 aliphatic carbocycles. The van der Waals surface area contributed by atoms with Crippen LogP contribution in [0.1, 0.15) is 36.3 Å². The van der Waals surface area contributed by atoms with Gasteiger partial charge >= 0.3 is 0 Å². The van der Waals surface area contributed by atoms with Crippen LogP contribution < -0.4 is 10.3 Å². The van der Waals surface area contributed by atoms with E-state index in [1.165, 1.54) is 16.8 Å². The molecule has 0 bridgehead atoms. The molecule has 2 rings (SSSR count). The molecule has 0 N–H and O–H groups in total. The third-order valence-corrected chi connectivity index (χ3v) is 3.52. The highest BCUT2D eigenvalue weighted by atomic mass is 16.5. The minimum atomic E-state index is -0.214. The first-order chi connectivity index (χ1) is 11.5. The number of rotatable bonds is 7. The Bertz CT molecular complexity index is 738. The van der Waals surface area contributed by atoms with Gasteiger partial charge in [0.2, 0.25) is 0 Å². The molecule has 0 unspecified atom stereocenters. The van der Waals surface area contributed by atoms with Crippen LogP contribution in [0.2, 0.25) is 0 Å². The molecule has 0 fully saturated rings. The molecule has 1 aromatic heterocycles. The second kappa shape index (κ2) is 8.29. The lowest BCUT2D eigenvalue weighted by atomic mass is 10.2. The quantitative estimate of drug-likeness (QED) is 0.782. The van der Waals surface area contributed by atoms with Gasteiger partial charge < -0.3 is 9.64 Å². The molecular formula is C18H23N3O3. The van der Waals surface area contributed by atoms with Crippen LogP contribution in [0.15, 0.2) is 41.2 Å². The van der Waals surface area contributed by atoms with E-state index in [0.29, 0.717) is 19.7 Å². The molecule has 1 aromatic carbocycles. The second-order valence-corrected chi connectivity index (χ2v) is 5.52. The molecule has 2 aromatic rings. The van der Waals surface area contributed by atoms with Gasteiger partial charge in [-0.2, -0.15) is 5.10 Å². The molecule has 24 heavy (non-hydrogen) atoms. The number of nitrogens with zero attached hydrogens (tertiary/aromatic N) is 3. The number of hydrogen-bond donors (Lipinski definition) is 0. The second-order valence-electron chi connectivity index (χ2n) is 5.52. The third kappa shape index (κ3) is 4.44. The van der Waals surface area contributed by atoms with Crippen molar-refractivity contribution in [2.24, 2.45) is 0 Å². The van der Waals surface area contributed by atoms with Crippen molar-refractivity contribution in [3.05, 3.63) is 58.0 Å². The van der Waals surface area contributed by atoms with Crippen molar-refractivity contribution in [2.45, 2.75) is 33.4 Å². The maximum atomic E-state index is 12.5. The van der Waals surface area contributed by atoms with Crippen molar-refractivity contribution in [1.82, 2.24) is 14.7 Å². The zero-order valence-corrected chi connectivity index (χ0v) is 14.4. The van der Waals surface area contributed by atoms with Crippen LogP contribution in [0, 0.1) is 0 Å². The van der Waals surface area contributed by atoms with E-state index < -0.39 is 0 Å². The van der Waals surface area contributed by atoms with E-state index >= 15 is 0 Å². The first-order valence-corrected chi connectivity index (χ1v) is 8.10. The van der Waals surface area contributed by atoms with Crippen LogP contribution >= 0.6 is 0 Å². The topological polar surface area (TPSA) is 64.4 Å². The molecule has 0 atom stereocenters. The molecule has 1 heterocycles. The van der Waals surface area contributed by atoms with Gasteiger partial charge in [-0.1, -0.05) is 19.1 Å². The number of benzene rings is 1. The van der Waals surface area contributed by atoms with E-state index in [4.69, 9.17) is 4.74 Å². The van der Waals surface area contributed by atoms with Gasteiger partial charge in [0.15, 0.2) is 0 Å². The van der Waals surface area contributed by atoms with Crippen LogP contribution in [-0.2, 0) is 13.1 Å². The zero-order valence-electron chi connectivity index (χ0n) is 14.4. The van der Waals surface area contributed by atoms with E-state index in [1.807, 2.05) is 38.1 Å². The molecule has 6 heteroatoms. The number of hydrogen-bond acceptors (Lipinski definition) is 4. The van der Waals surface area contributed by atoms with Gasteiger partial charge in [-0.3, -0.25) is 9.59 Å². The average Bonchev–Trinajstić information content (AvgIpc) is 2.58. The fourth-order valence-corrected chi connectivity index (χ4v) is 2.33. The Balaban J connectivity index is 2.08. The number of aromatic nitrogens is 2. The molecule has 0 spiro atoms. The highest BCUT2D eigenvalue weighted by molar-refractivity contribution is 5.91. The Morgan fingerprint density at radius 3 is 2.50 bits per heavy atom. The Kier molecular flexibility index (Phi) is 6.12. The van der Waals surface area contributed by atoms with Crippen molar-refractivity contribution in [2.75, 3.05) is 13.7 Å². The summed E-state index contributed by atoms with van der Waals surface area (Å²) in [5.74, 6) is 0.595. The van der Waals surface area contributed by atoms with E-state index in [-0.39, 0.29) is 17.2 Å². The summed E-state index contributed by atoms with van der Waals surface area (Å²) in [4.78, 5) is 25.8. The van der Waals surface area contributed by atoms with Gasteiger partial charge in [-0.05, 0) is 37.1 Å². The van der Waals surface area contributed by atoms with E-state index in [0.717, 1.165) is 17.7 Å². The van der Waals surface area contributed by atoms with Gasteiger partial charge in [0.05, 0.1) is 6.61 Å². The number of carbonyl (C=O) groups is 1. The first kappa shape index (κ1) is 17.7. The summed E-state index contributed by atoms with van der Waals surface area (Å²) in [6.45, 7) is 5.48. The van der Waals surface area contributed by atoms with E-state index in [9.17, 15) is 9.59 Å². The summed E-state index contributed by atoms with van der Waals surface area (Å²) in [6.07, 6.45) is 0.784. The fraction of sp³-hybridized carbons (Fsp3) is 0.389. The molecule has 128 valence electrons. The molecule has 0 radical (unpaired) electrons. The maximum Gasteiger partial charge on any atom is 0.274 e. The van der Waals surface area contributed by atoms with Crippen molar-refractivity contribution >= 4 is 5.91 Å². The highest BCUT2D eigenvalue weighted by Gasteiger charge is 2.15. The Morgan fingerprint density at radius 2 is 1.88 bits per heavy atom. The maximum absolute atomic E-state index is 12.5. The number of aryl methyl sites for hydroxylation is 1. The Morgan fingerprint density at radius 1 is 1.17 bits per heavy atom. The van der Waals surface area contributed by atoms with Crippen molar-refractivity contribution < 1.29 is 9.53 Å². The Hall–Kier alpha value is -2.63. The van der Waals surface area contributed by atoms with Crippen LogP contribution in [0.5, 0.6) is 5.75 Å². The zero-order chi connectivity index (χ0) is 17.5. The van der Waals surface area contributed by atoms with Crippen LogP contribution in [0.4, 0.5) is 0 Å². The smallest absolute Gasteiger partial charge is 0.274 e.